The van der Waals surface area contributed by atoms with Gasteiger partial charge in [-0.2, -0.15) is 0 Å². The third-order valence-electron chi connectivity index (χ3n) is 5.46. The van der Waals surface area contributed by atoms with E-state index < -0.39 is 0 Å². The van der Waals surface area contributed by atoms with Gasteiger partial charge in [-0.1, -0.05) is 30.3 Å². The second-order valence-corrected chi connectivity index (χ2v) is 7.70. The summed E-state index contributed by atoms with van der Waals surface area (Å²) in [6, 6.07) is 16.5. The number of aliphatic imine (C=N–C) groups is 1. The highest BCUT2D eigenvalue weighted by molar-refractivity contribution is 5.79. The van der Waals surface area contributed by atoms with Gasteiger partial charge in [-0.15, -0.1) is 0 Å². The number of piperazine rings is 1. The number of rotatable bonds is 7. The molecule has 0 amide bonds. The summed E-state index contributed by atoms with van der Waals surface area (Å²) in [5.74, 6) is 0.571. The van der Waals surface area contributed by atoms with Gasteiger partial charge in [0.2, 0.25) is 0 Å². The van der Waals surface area contributed by atoms with Crippen LogP contribution in [0.5, 0.6) is 0 Å². The molecule has 0 unspecified atom stereocenters. The Morgan fingerprint density at radius 3 is 2.41 bits per heavy atom. The van der Waals surface area contributed by atoms with Crippen LogP contribution in [0.3, 0.4) is 0 Å². The molecule has 2 heterocycles. The summed E-state index contributed by atoms with van der Waals surface area (Å²) in [6.07, 6.45) is 6.88. The maximum absolute atomic E-state index is 13.3. The first-order valence-electron chi connectivity index (χ1n) is 10.7. The van der Waals surface area contributed by atoms with Crippen molar-refractivity contribution in [1.82, 2.24) is 14.9 Å². The van der Waals surface area contributed by atoms with E-state index >= 15 is 0 Å². The molecule has 0 atom stereocenters. The maximum atomic E-state index is 13.3. The Kier molecular flexibility index (Phi) is 7.19. The summed E-state index contributed by atoms with van der Waals surface area (Å²) in [6.45, 7) is 4.81. The number of aromatic nitrogens is 2. The first-order chi connectivity index (χ1) is 15.7. The van der Waals surface area contributed by atoms with Gasteiger partial charge >= 0.3 is 0 Å². The van der Waals surface area contributed by atoms with Crippen molar-refractivity contribution in [2.75, 3.05) is 37.6 Å². The Morgan fingerprint density at radius 2 is 1.69 bits per heavy atom. The predicted molar refractivity (Wildman–Crippen MR) is 127 cm³/mol. The van der Waals surface area contributed by atoms with Crippen LogP contribution >= 0.6 is 0 Å². The highest BCUT2D eigenvalue weighted by Gasteiger charge is 2.21. The fourth-order valence-corrected chi connectivity index (χ4v) is 3.74. The standard InChI is InChI=1S/C25H27FN6/c26-23-8-6-22(7-9-23)24-25(30-11-10-29-24)32-14-12-31(13-15-32)19-21(16-27)18-28-17-20-4-2-1-3-5-20/h1-11,16,18H,12-15,17,19,27H2/b21-16+,28-18?. The fraction of sp³-hybridized carbons (Fsp3) is 0.240. The van der Waals surface area contributed by atoms with E-state index in [9.17, 15) is 4.39 Å². The van der Waals surface area contributed by atoms with E-state index in [1.165, 1.54) is 17.7 Å². The van der Waals surface area contributed by atoms with Crippen molar-refractivity contribution >= 4 is 12.0 Å². The summed E-state index contributed by atoms with van der Waals surface area (Å²) in [5, 5.41) is 0. The van der Waals surface area contributed by atoms with Crippen molar-refractivity contribution in [3.8, 4) is 11.3 Å². The lowest BCUT2D eigenvalue weighted by molar-refractivity contribution is 0.280. The summed E-state index contributed by atoms with van der Waals surface area (Å²) in [5.41, 5.74) is 9.66. The van der Waals surface area contributed by atoms with Crippen molar-refractivity contribution in [3.63, 3.8) is 0 Å². The molecule has 1 aliphatic heterocycles. The number of nitrogens with two attached hydrogens (primary N) is 1. The Balaban J connectivity index is 1.35. The molecule has 164 valence electrons. The molecule has 6 nitrogen and oxygen atoms in total. The average molecular weight is 431 g/mol. The highest BCUT2D eigenvalue weighted by Crippen LogP contribution is 2.27. The van der Waals surface area contributed by atoms with Crippen molar-refractivity contribution in [2.45, 2.75) is 6.54 Å². The number of anilines is 1. The molecule has 0 bridgehead atoms. The summed E-state index contributed by atoms with van der Waals surface area (Å²) in [7, 11) is 0. The normalized spacial score (nSPS) is 15.4. The van der Waals surface area contributed by atoms with E-state index in [-0.39, 0.29) is 5.82 Å². The molecular formula is C25H27FN6. The molecular weight excluding hydrogens is 403 g/mol. The molecule has 1 saturated heterocycles. The molecule has 7 heteroatoms. The van der Waals surface area contributed by atoms with Crippen molar-refractivity contribution < 1.29 is 4.39 Å². The lowest BCUT2D eigenvalue weighted by atomic mass is 10.1. The zero-order valence-corrected chi connectivity index (χ0v) is 17.9. The summed E-state index contributed by atoms with van der Waals surface area (Å²) in [4.78, 5) is 18.2. The molecule has 0 spiro atoms. The molecule has 1 aliphatic rings. The van der Waals surface area contributed by atoms with E-state index in [2.05, 4.69) is 36.9 Å². The summed E-state index contributed by atoms with van der Waals surface area (Å²) >= 11 is 0. The van der Waals surface area contributed by atoms with Crippen molar-refractivity contribution in [2.24, 2.45) is 10.7 Å². The van der Waals surface area contributed by atoms with Gasteiger partial charge in [-0.25, -0.2) is 9.37 Å². The smallest absolute Gasteiger partial charge is 0.155 e. The molecule has 2 aromatic carbocycles. The first kappa shape index (κ1) is 21.6. The first-order valence-corrected chi connectivity index (χ1v) is 10.7. The third-order valence-corrected chi connectivity index (χ3v) is 5.46. The largest absolute Gasteiger partial charge is 0.404 e. The van der Waals surface area contributed by atoms with E-state index in [0.29, 0.717) is 6.54 Å². The van der Waals surface area contributed by atoms with Crippen LogP contribution in [-0.2, 0) is 6.54 Å². The fourth-order valence-electron chi connectivity index (χ4n) is 3.74. The zero-order valence-electron chi connectivity index (χ0n) is 17.9. The van der Waals surface area contributed by atoms with Gasteiger partial charge in [-0.05, 0) is 41.6 Å². The van der Waals surface area contributed by atoms with Gasteiger partial charge < -0.3 is 10.6 Å². The minimum atomic E-state index is -0.260. The van der Waals surface area contributed by atoms with Crippen LogP contribution in [0.4, 0.5) is 10.2 Å². The van der Waals surface area contributed by atoms with E-state index in [0.717, 1.165) is 55.4 Å². The number of nitrogens with zero attached hydrogens (tertiary/aromatic N) is 5. The minimum Gasteiger partial charge on any atom is -0.404 e. The monoisotopic (exact) mass is 430 g/mol. The molecule has 4 rings (SSSR count). The lowest BCUT2D eigenvalue weighted by Gasteiger charge is -2.36. The van der Waals surface area contributed by atoms with Crippen molar-refractivity contribution in [1.29, 1.82) is 0 Å². The second-order valence-electron chi connectivity index (χ2n) is 7.70. The van der Waals surface area contributed by atoms with Crippen LogP contribution in [0.15, 0.2) is 83.8 Å². The molecule has 32 heavy (non-hydrogen) atoms. The SMILES string of the molecule is N/C=C(\C=NCc1ccccc1)CN1CCN(c2nccnc2-c2ccc(F)cc2)CC1. The molecule has 0 aliphatic carbocycles. The Bertz CT molecular complexity index is 1060. The number of hydrogen-bond donors (Lipinski definition) is 1. The highest BCUT2D eigenvalue weighted by atomic mass is 19.1. The molecule has 0 radical (unpaired) electrons. The average Bonchev–Trinajstić information content (AvgIpc) is 2.85. The third kappa shape index (κ3) is 5.56. The topological polar surface area (TPSA) is 70.6 Å². The molecule has 2 N–H and O–H groups in total. The van der Waals surface area contributed by atoms with Gasteiger partial charge in [0.15, 0.2) is 5.82 Å². The molecule has 3 aromatic rings. The van der Waals surface area contributed by atoms with Crippen LogP contribution in [0.2, 0.25) is 0 Å². The van der Waals surface area contributed by atoms with Crippen LogP contribution in [0.25, 0.3) is 11.3 Å². The van der Waals surface area contributed by atoms with Crippen LogP contribution in [-0.4, -0.2) is 53.8 Å². The number of hydrogen-bond acceptors (Lipinski definition) is 6. The Morgan fingerprint density at radius 1 is 0.969 bits per heavy atom. The van der Waals surface area contributed by atoms with E-state index in [1.807, 2.05) is 24.4 Å². The Hall–Kier alpha value is -3.58. The van der Waals surface area contributed by atoms with Crippen molar-refractivity contribution in [3.05, 3.63) is 90.1 Å². The van der Waals surface area contributed by atoms with Crippen LogP contribution in [0, 0.1) is 5.82 Å². The minimum absolute atomic E-state index is 0.260. The van der Waals surface area contributed by atoms with Gasteiger partial charge in [-0.3, -0.25) is 14.9 Å². The maximum Gasteiger partial charge on any atom is 0.155 e. The lowest BCUT2D eigenvalue weighted by Crippen LogP contribution is -2.47. The number of benzene rings is 2. The molecule has 1 aromatic heterocycles. The summed E-state index contributed by atoms with van der Waals surface area (Å²) < 4.78 is 13.3. The van der Waals surface area contributed by atoms with Gasteiger partial charge in [0.05, 0.1) is 6.54 Å². The van der Waals surface area contributed by atoms with E-state index in [4.69, 9.17) is 5.73 Å². The molecule has 0 saturated carbocycles. The predicted octanol–water partition coefficient (Wildman–Crippen LogP) is 3.52. The number of halogens is 1. The van der Waals surface area contributed by atoms with Crippen LogP contribution < -0.4 is 10.6 Å². The quantitative estimate of drug-likeness (QED) is 0.581. The molecule has 1 fully saturated rings. The van der Waals surface area contributed by atoms with Gasteiger partial charge in [0, 0.05) is 56.9 Å². The zero-order chi connectivity index (χ0) is 22.2. The Labute approximate surface area is 187 Å². The van der Waals surface area contributed by atoms with Crippen LogP contribution in [0.1, 0.15) is 5.56 Å². The van der Waals surface area contributed by atoms with Gasteiger partial charge in [0.25, 0.3) is 0 Å². The van der Waals surface area contributed by atoms with Gasteiger partial charge in [0.1, 0.15) is 11.5 Å². The second kappa shape index (κ2) is 10.6. The van der Waals surface area contributed by atoms with E-state index in [1.54, 1.807) is 30.7 Å².